The number of hydrogen-bond acceptors (Lipinski definition) is 0. The second-order valence-corrected chi connectivity index (χ2v) is 6.49. The van der Waals surface area contributed by atoms with E-state index in [1.165, 1.54) is 0 Å². The number of hydrogen-bond donors (Lipinski definition) is 0. The van der Waals surface area contributed by atoms with E-state index in [0.717, 1.165) is 0 Å². The van der Waals surface area contributed by atoms with E-state index in [4.69, 9.17) is 30.1 Å². The van der Waals surface area contributed by atoms with Gasteiger partial charge in [-0.15, -0.1) is 0 Å². The molecule has 0 atom stereocenters. The normalized spacial score (nSPS) is 6.00. The van der Waals surface area contributed by atoms with Crippen molar-refractivity contribution in [3.63, 3.8) is 0 Å². The van der Waals surface area contributed by atoms with Crippen molar-refractivity contribution in [2.75, 3.05) is 0 Å². The minimum absolute atomic E-state index is 0. The Labute approximate surface area is 55.2 Å². The standard InChI is InChI=1S/CH3.3ClH.Cr.H2N/h1H3;3*1H;;1H2/q-1;;;;+3;-1/p-3. The Balaban J connectivity index is -0.0000000450. The number of nitrogens with two attached hydrogens (primary N) is 1. The zero-order valence-corrected chi connectivity index (χ0v) is 6.66. The molecule has 43 valence electrons. The molecule has 0 radical (unpaired) electrons. The fourth-order valence-electron chi connectivity index (χ4n) is 0. The van der Waals surface area contributed by atoms with Crippen LogP contribution in [0.25, 0.3) is 6.15 Å². The third kappa shape index (κ3) is 55.0. The van der Waals surface area contributed by atoms with Crippen molar-refractivity contribution in [3.8, 4) is 0 Å². The molecule has 0 fully saturated rings. The van der Waals surface area contributed by atoms with Gasteiger partial charge >= 0.3 is 41.5 Å². The molecular formula is CH5Cl3CrN-2. The van der Waals surface area contributed by atoms with Crippen LogP contribution in [0.15, 0.2) is 0 Å². The van der Waals surface area contributed by atoms with E-state index in [1.54, 1.807) is 0 Å². The smallest absolute Gasteiger partial charge is 0.693 e. The molecule has 0 spiro atoms. The van der Waals surface area contributed by atoms with Crippen LogP contribution in [0.4, 0.5) is 0 Å². The summed E-state index contributed by atoms with van der Waals surface area (Å²) < 4.78 is 0. The van der Waals surface area contributed by atoms with E-state index in [1.807, 2.05) is 0 Å². The summed E-state index contributed by atoms with van der Waals surface area (Å²) in [7, 11) is 14.8. The first-order chi connectivity index (χ1) is 1.73. The summed E-state index contributed by atoms with van der Waals surface area (Å²) in [5, 5.41) is 0. The van der Waals surface area contributed by atoms with Crippen molar-refractivity contribution in [1.82, 2.24) is 0 Å². The molecule has 0 aromatic rings. The van der Waals surface area contributed by atoms with Crippen LogP contribution in [0.3, 0.4) is 0 Å². The number of halogens is 3. The van der Waals surface area contributed by atoms with Crippen LogP contribution >= 0.6 is 30.1 Å². The fourth-order valence-corrected chi connectivity index (χ4v) is 0. The molecule has 0 amide bonds. The molecule has 5 heteroatoms. The van der Waals surface area contributed by atoms with Crippen molar-refractivity contribution >= 4 is 30.1 Å². The van der Waals surface area contributed by atoms with E-state index >= 15 is 0 Å². The predicted molar refractivity (Wildman–Crippen MR) is 29.3 cm³/mol. The molecule has 0 rings (SSSR count). The summed E-state index contributed by atoms with van der Waals surface area (Å²) in [5.41, 5.74) is 0. The second kappa shape index (κ2) is 9.61. The minimum Gasteiger partial charge on any atom is -0.693 e. The monoisotopic (exact) mass is 188 g/mol. The van der Waals surface area contributed by atoms with Crippen LogP contribution < -0.4 is 0 Å². The van der Waals surface area contributed by atoms with E-state index in [0.29, 0.717) is 0 Å². The average molecular weight is 189 g/mol. The fraction of sp³-hybridized carbons (Fsp3) is 0. The van der Waals surface area contributed by atoms with Gasteiger partial charge in [0.2, 0.25) is 0 Å². The van der Waals surface area contributed by atoms with Crippen molar-refractivity contribution in [3.05, 3.63) is 13.6 Å². The van der Waals surface area contributed by atoms with Crippen LogP contribution in [-0.4, -0.2) is 0 Å². The molecule has 0 aliphatic carbocycles. The molecule has 0 aliphatic rings. The zero-order valence-electron chi connectivity index (χ0n) is 3.12. The first-order valence-corrected chi connectivity index (χ1v) is 5.73. The molecule has 1 nitrogen and oxygen atoms in total. The Morgan fingerprint density at radius 1 is 1.00 bits per heavy atom. The van der Waals surface area contributed by atoms with Crippen LogP contribution in [0.1, 0.15) is 0 Å². The molecular weight excluding hydrogens is 184 g/mol. The number of rotatable bonds is 0. The van der Waals surface area contributed by atoms with Gasteiger partial charge in [-0.05, 0) is 0 Å². The van der Waals surface area contributed by atoms with Gasteiger partial charge in [-0.3, -0.25) is 0 Å². The van der Waals surface area contributed by atoms with Crippen LogP contribution in [0.2, 0.25) is 0 Å². The van der Waals surface area contributed by atoms with Crippen LogP contribution in [-0.2, 0) is 11.4 Å². The Morgan fingerprint density at radius 3 is 1.00 bits per heavy atom. The molecule has 2 N–H and O–H groups in total. The first-order valence-electron chi connectivity index (χ1n) is 0.463. The Hall–Kier alpha value is 1.36. The molecule has 0 aliphatic heterocycles. The van der Waals surface area contributed by atoms with Crippen molar-refractivity contribution in [1.29, 1.82) is 0 Å². The summed E-state index contributed by atoms with van der Waals surface area (Å²) in [4.78, 5) is 0. The molecule has 0 bridgehead atoms. The van der Waals surface area contributed by atoms with Gasteiger partial charge in [0.1, 0.15) is 0 Å². The van der Waals surface area contributed by atoms with Crippen LogP contribution in [0.5, 0.6) is 0 Å². The quantitative estimate of drug-likeness (QED) is 0.524. The molecule has 0 aromatic carbocycles. The van der Waals surface area contributed by atoms with Gasteiger partial charge in [-0.2, -0.15) is 0 Å². The van der Waals surface area contributed by atoms with E-state index < -0.39 is 11.4 Å². The Morgan fingerprint density at radius 2 is 1.00 bits per heavy atom. The first kappa shape index (κ1) is 15.7. The Kier molecular flexibility index (Phi) is 25.1. The van der Waals surface area contributed by atoms with Gasteiger partial charge in [0.05, 0.1) is 0 Å². The summed E-state index contributed by atoms with van der Waals surface area (Å²) >= 11 is -1.62. The van der Waals surface area contributed by atoms with Gasteiger partial charge in [0.15, 0.2) is 0 Å². The second-order valence-electron chi connectivity index (χ2n) is 0.175. The van der Waals surface area contributed by atoms with Crippen molar-refractivity contribution in [2.45, 2.75) is 0 Å². The summed E-state index contributed by atoms with van der Waals surface area (Å²) in [5.74, 6) is 0. The molecule has 0 aromatic heterocycles. The molecule has 0 unspecified atom stereocenters. The van der Waals surface area contributed by atoms with Crippen LogP contribution in [0, 0.1) is 7.43 Å². The largest absolute Gasteiger partial charge is 0.693 e. The molecule has 0 heterocycles. The SMILES string of the molecule is [CH3-].[Cl][Cr]([Cl])[Cl].[NH2-]. The maximum Gasteiger partial charge on any atom is -0.693 e. The van der Waals surface area contributed by atoms with Gasteiger partial charge in [0.25, 0.3) is 0 Å². The maximum absolute atomic E-state index is 4.93. The molecule has 6 heavy (non-hydrogen) atoms. The Bertz CT molecular complexity index is 15.5. The van der Waals surface area contributed by atoms with E-state index in [2.05, 4.69) is 0 Å². The van der Waals surface area contributed by atoms with Gasteiger partial charge < -0.3 is 13.6 Å². The van der Waals surface area contributed by atoms with Gasteiger partial charge in [-0.25, -0.2) is 0 Å². The van der Waals surface area contributed by atoms with E-state index in [9.17, 15) is 0 Å². The zero-order chi connectivity index (χ0) is 3.58. The molecule has 0 saturated carbocycles. The molecule has 0 saturated heterocycles. The third-order valence-corrected chi connectivity index (χ3v) is 0. The topological polar surface area (TPSA) is 33.5 Å². The summed E-state index contributed by atoms with van der Waals surface area (Å²) in [6.45, 7) is 0. The third-order valence-electron chi connectivity index (χ3n) is 0. The van der Waals surface area contributed by atoms with Gasteiger partial charge in [0, 0.05) is 0 Å². The predicted octanol–water partition coefficient (Wildman–Crippen LogP) is 3.23. The summed E-state index contributed by atoms with van der Waals surface area (Å²) in [6.07, 6.45) is 0. The van der Waals surface area contributed by atoms with Gasteiger partial charge in [-0.1, -0.05) is 0 Å². The summed E-state index contributed by atoms with van der Waals surface area (Å²) in [6, 6.07) is 0. The minimum atomic E-state index is -1.62. The van der Waals surface area contributed by atoms with Crippen molar-refractivity contribution < 1.29 is 11.4 Å². The van der Waals surface area contributed by atoms with Crippen molar-refractivity contribution in [2.24, 2.45) is 0 Å². The maximum atomic E-state index is 4.93. The van der Waals surface area contributed by atoms with E-state index in [-0.39, 0.29) is 13.6 Å². The average Bonchev–Trinajstić information content (AvgIpc) is 0.811.